The molecular formula is C14H20ClN3O. The quantitative estimate of drug-likeness (QED) is 0.801. The van der Waals surface area contributed by atoms with E-state index in [1.807, 2.05) is 12.3 Å². The van der Waals surface area contributed by atoms with E-state index in [4.69, 9.17) is 5.73 Å². The van der Waals surface area contributed by atoms with Crippen LogP contribution in [0.25, 0.3) is 10.9 Å². The summed E-state index contributed by atoms with van der Waals surface area (Å²) < 4.78 is 0. The Bertz CT molecular complexity index is 563. The minimum atomic E-state index is -0.449. The van der Waals surface area contributed by atoms with Gasteiger partial charge in [-0.1, -0.05) is 12.1 Å². The molecule has 2 aromatic rings. The van der Waals surface area contributed by atoms with Gasteiger partial charge in [0.15, 0.2) is 0 Å². The first kappa shape index (κ1) is 15.5. The molecule has 0 fully saturated rings. The Morgan fingerprint density at radius 3 is 2.89 bits per heavy atom. The van der Waals surface area contributed by atoms with Crippen LogP contribution in [0.5, 0.6) is 0 Å². The van der Waals surface area contributed by atoms with Crippen LogP contribution in [-0.4, -0.2) is 23.5 Å². The van der Waals surface area contributed by atoms with Crippen molar-refractivity contribution in [3.05, 3.63) is 35.5 Å². The molecule has 19 heavy (non-hydrogen) atoms. The maximum absolute atomic E-state index is 11.4. The number of carbonyl (C=O) groups excluding carboxylic acids is 1. The molecule has 1 aromatic carbocycles. The molecule has 4 N–H and O–H groups in total. The summed E-state index contributed by atoms with van der Waals surface area (Å²) >= 11 is 0. The van der Waals surface area contributed by atoms with Crippen molar-refractivity contribution in [2.45, 2.75) is 26.3 Å². The van der Waals surface area contributed by atoms with Crippen LogP contribution < -0.4 is 11.1 Å². The number of aryl methyl sites for hydroxylation is 1. The molecule has 1 aromatic heterocycles. The van der Waals surface area contributed by atoms with E-state index >= 15 is 0 Å². The Labute approximate surface area is 119 Å². The van der Waals surface area contributed by atoms with Gasteiger partial charge in [-0.25, -0.2) is 0 Å². The highest BCUT2D eigenvalue weighted by Crippen LogP contribution is 2.22. The zero-order valence-corrected chi connectivity index (χ0v) is 12.0. The van der Waals surface area contributed by atoms with E-state index in [2.05, 4.69) is 29.4 Å². The van der Waals surface area contributed by atoms with Crippen LogP contribution in [0.3, 0.4) is 0 Å². The van der Waals surface area contributed by atoms with E-state index in [0.717, 1.165) is 11.9 Å². The summed E-state index contributed by atoms with van der Waals surface area (Å²) in [7, 11) is 0. The molecule has 0 aliphatic rings. The Morgan fingerprint density at radius 2 is 2.21 bits per heavy atom. The summed E-state index contributed by atoms with van der Waals surface area (Å²) in [5, 5.41) is 4.08. The van der Waals surface area contributed by atoms with Crippen LogP contribution in [0.1, 0.15) is 18.1 Å². The first-order valence-electron chi connectivity index (χ1n) is 6.18. The molecule has 0 aliphatic heterocycles. The average molecular weight is 282 g/mol. The minimum Gasteiger partial charge on any atom is -0.361 e. The van der Waals surface area contributed by atoms with Crippen molar-refractivity contribution in [2.75, 3.05) is 6.54 Å². The number of nitrogens with two attached hydrogens (primary N) is 1. The lowest BCUT2D eigenvalue weighted by Gasteiger charge is -2.07. The van der Waals surface area contributed by atoms with Gasteiger partial charge in [0.05, 0.1) is 6.04 Å². The fourth-order valence-electron chi connectivity index (χ4n) is 2.13. The van der Waals surface area contributed by atoms with E-state index in [9.17, 15) is 4.79 Å². The van der Waals surface area contributed by atoms with E-state index in [0.29, 0.717) is 6.54 Å². The SMILES string of the molecule is Cc1cccc2[nH]cc(CCNC(=O)[C@@H](C)N)c12.Cl. The molecule has 0 bridgehead atoms. The second-order valence-corrected chi connectivity index (χ2v) is 4.64. The molecule has 1 heterocycles. The number of halogens is 1. The summed E-state index contributed by atoms with van der Waals surface area (Å²) in [5.74, 6) is -0.105. The van der Waals surface area contributed by atoms with Crippen LogP contribution in [0.15, 0.2) is 24.4 Å². The van der Waals surface area contributed by atoms with Crippen LogP contribution in [0.4, 0.5) is 0 Å². The van der Waals surface area contributed by atoms with Crippen molar-refractivity contribution < 1.29 is 4.79 Å². The van der Waals surface area contributed by atoms with Crippen molar-refractivity contribution in [2.24, 2.45) is 5.73 Å². The molecule has 0 aliphatic carbocycles. The molecule has 0 saturated heterocycles. The fraction of sp³-hybridized carbons (Fsp3) is 0.357. The smallest absolute Gasteiger partial charge is 0.236 e. The number of amides is 1. The highest BCUT2D eigenvalue weighted by Gasteiger charge is 2.08. The number of nitrogens with one attached hydrogen (secondary N) is 2. The predicted octanol–water partition coefficient (Wildman–Crippen LogP) is 1.90. The normalized spacial score (nSPS) is 11.9. The van der Waals surface area contributed by atoms with Gasteiger partial charge in [-0.15, -0.1) is 12.4 Å². The van der Waals surface area contributed by atoms with E-state index in [1.54, 1.807) is 6.92 Å². The van der Waals surface area contributed by atoms with Gasteiger partial charge in [0.25, 0.3) is 0 Å². The number of carbonyl (C=O) groups is 1. The number of aromatic amines is 1. The lowest BCUT2D eigenvalue weighted by Crippen LogP contribution is -2.39. The number of rotatable bonds is 4. The number of hydrogen-bond acceptors (Lipinski definition) is 2. The summed E-state index contributed by atoms with van der Waals surface area (Å²) in [4.78, 5) is 14.6. The lowest BCUT2D eigenvalue weighted by molar-refractivity contribution is -0.121. The van der Waals surface area contributed by atoms with Gasteiger partial charge in [-0.2, -0.15) is 0 Å². The molecule has 4 nitrogen and oxygen atoms in total. The van der Waals surface area contributed by atoms with E-state index in [1.165, 1.54) is 16.5 Å². The Hall–Kier alpha value is -1.52. The first-order valence-corrected chi connectivity index (χ1v) is 6.18. The van der Waals surface area contributed by atoms with Gasteiger partial charge < -0.3 is 16.0 Å². The third-order valence-corrected chi connectivity index (χ3v) is 3.10. The van der Waals surface area contributed by atoms with Crippen molar-refractivity contribution in [1.82, 2.24) is 10.3 Å². The molecule has 0 spiro atoms. The zero-order valence-electron chi connectivity index (χ0n) is 11.2. The average Bonchev–Trinajstić information content (AvgIpc) is 2.73. The minimum absolute atomic E-state index is 0. The van der Waals surface area contributed by atoms with Crippen molar-refractivity contribution >= 4 is 29.2 Å². The van der Waals surface area contributed by atoms with E-state index < -0.39 is 6.04 Å². The molecular weight excluding hydrogens is 262 g/mol. The second kappa shape index (κ2) is 6.59. The standard InChI is InChI=1S/C14H19N3O.ClH/c1-9-4-3-5-12-13(9)11(8-17-12)6-7-16-14(18)10(2)15;/h3-5,8,10,17H,6-7,15H2,1-2H3,(H,16,18);1H/t10-;/m1./s1. The monoisotopic (exact) mass is 281 g/mol. The van der Waals surface area contributed by atoms with Gasteiger partial charge in [-0.3, -0.25) is 4.79 Å². The summed E-state index contributed by atoms with van der Waals surface area (Å²) in [6, 6.07) is 5.75. The second-order valence-electron chi connectivity index (χ2n) is 4.64. The molecule has 1 atom stereocenters. The summed E-state index contributed by atoms with van der Waals surface area (Å²) in [6.07, 6.45) is 2.82. The zero-order chi connectivity index (χ0) is 13.1. The number of hydrogen-bond donors (Lipinski definition) is 3. The Balaban J connectivity index is 0.00000180. The molecule has 2 rings (SSSR count). The number of H-pyrrole nitrogens is 1. The Kier molecular flexibility index (Phi) is 5.39. The summed E-state index contributed by atoms with van der Waals surface area (Å²) in [6.45, 7) is 4.40. The number of fused-ring (bicyclic) bond motifs is 1. The maximum Gasteiger partial charge on any atom is 0.236 e. The number of benzene rings is 1. The van der Waals surface area contributed by atoms with Crippen LogP contribution in [0, 0.1) is 6.92 Å². The first-order chi connectivity index (χ1) is 8.59. The van der Waals surface area contributed by atoms with Gasteiger partial charge >= 0.3 is 0 Å². The molecule has 104 valence electrons. The lowest BCUT2D eigenvalue weighted by atomic mass is 10.1. The highest BCUT2D eigenvalue weighted by atomic mass is 35.5. The highest BCUT2D eigenvalue weighted by molar-refractivity contribution is 5.86. The van der Waals surface area contributed by atoms with Crippen LogP contribution in [0.2, 0.25) is 0 Å². The van der Waals surface area contributed by atoms with E-state index in [-0.39, 0.29) is 18.3 Å². The number of aromatic nitrogens is 1. The Morgan fingerprint density at radius 1 is 1.47 bits per heavy atom. The largest absolute Gasteiger partial charge is 0.361 e. The van der Waals surface area contributed by atoms with Crippen molar-refractivity contribution in [3.63, 3.8) is 0 Å². The fourth-order valence-corrected chi connectivity index (χ4v) is 2.13. The molecule has 0 saturated carbocycles. The van der Waals surface area contributed by atoms with Crippen molar-refractivity contribution in [3.8, 4) is 0 Å². The third kappa shape index (κ3) is 3.49. The molecule has 0 radical (unpaired) electrons. The third-order valence-electron chi connectivity index (χ3n) is 3.10. The van der Waals surface area contributed by atoms with Crippen molar-refractivity contribution in [1.29, 1.82) is 0 Å². The van der Waals surface area contributed by atoms with Crippen LogP contribution >= 0.6 is 12.4 Å². The molecule has 5 heteroatoms. The van der Waals surface area contributed by atoms with Gasteiger partial charge in [-0.05, 0) is 37.5 Å². The van der Waals surface area contributed by atoms with Gasteiger partial charge in [0, 0.05) is 23.6 Å². The predicted molar refractivity (Wildman–Crippen MR) is 80.6 cm³/mol. The molecule has 0 unspecified atom stereocenters. The summed E-state index contributed by atoms with van der Waals surface area (Å²) in [5.41, 5.74) is 9.12. The topological polar surface area (TPSA) is 70.9 Å². The van der Waals surface area contributed by atoms with Gasteiger partial charge in [0.1, 0.15) is 0 Å². The van der Waals surface area contributed by atoms with Gasteiger partial charge in [0.2, 0.25) is 5.91 Å². The van der Waals surface area contributed by atoms with Crippen LogP contribution in [-0.2, 0) is 11.2 Å². The molecule has 1 amide bonds. The maximum atomic E-state index is 11.4.